The van der Waals surface area contributed by atoms with Crippen LogP contribution < -0.4 is 10.5 Å². The second-order valence-corrected chi connectivity index (χ2v) is 4.30. The van der Waals surface area contributed by atoms with Gasteiger partial charge in [0.25, 0.3) is 5.91 Å². The molecule has 0 aromatic heterocycles. The highest BCUT2D eigenvalue weighted by molar-refractivity contribution is 5.98. The third-order valence-electron chi connectivity index (χ3n) is 2.98. The maximum Gasteiger partial charge on any atom is 0.257 e. The third-order valence-corrected chi connectivity index (χ3v) is 2.98. The summed E-state index contributed by atoms with van der Waals surface area (Å²) in [6.07, 6.45) is 2.18. The van der Waals surface area contributed by atoms with Crippen molar-refractivity contribution in [3.63, 3.8) is 0 Å². The molecular weight excluding hydrogens is 216 g/mol. The molecule has 1 aliphatic rings. The molecule has 1 saturated carbocycles. The molecule has 0 aliphatic heterocycles. The minimum Gasteiger partial charge on any atom is -0.491 e. The molecule has 2 N–H and O–H groups in total. The number of hydrogen-bond donors (Lipinski definition) is 1. The molecule has 0 atom stereocenters. The highest BCUT2D eigenvalue weighted by Crippen LogP contribution is 2.31. The molecule has 2 rings (SSSR count). The van der Waals surface area contributed by atoms with Gasteiger partial charge in [0.15, 0.2) is 5.75 Å². The first-order valence-electron chi connectivity index (χ1n) is 5.93. The number of nitrogen functional groups attached to an aromatic ring is 1. The van der Waals surface area contributed by atoms with Crippen LogP contribution in [-0.2, 0) is 0 Å². The number of amides is 1. The molecule has 92 valence electrons. The Labute approximate surface area is 101 Å². The predicted molar refractivity (Wildman–Crippen MR) is 67.1 cm³/mol. The summed E-state index contributed by atoms with van der Waals surface area (Å²) >= 11 is 0. The first-order valence-corrected chi connectivity index (χ1v) is 5.93. The van der Waals surface area contributed by atoms with Crippen molar-refractivity contribution in [1.29, 1.82) is 0 Å². The van der Waals surface area contributed by atoms with Gasteiger partial charge in [-0.05, 0) is 31.9 Å². The number of para-hydroxylation sites is 1. The number of hydrogen-bond acceptors (Lipinski definition) is 3. The van der Waals surface area contributed by atoms with Gasteiger partial charge in [0.05, 0.1) is 17.9 Å². The Bertz CT molecular complexity index is 427. The Morgan fingerprint density at radius 3 is 2.82 bits per heavy atom. The normalized spacial score (nSPS) is 14.5. The van der Waals surface area contributed by atoms with Gasteiger partial charge in [0.1, 0.15) is 0 Å². The van der Waals surface area contributed by atoms with Crippen LogP contribution in [0.5, 0.6) is 5.75 Å². The quantitative estimate of drug-likeness (QED) is 0.809. The zero-order valence-electron chi connectivity index (χ0n) is 10.3. The summed E-state index contributed by atoms with van der Waals surface area (Å²) in [6, 6.07) is 5.69. The standard InChI is InChI=1S/C13H18N2O2/c1-3-17-12-10(5-4-6-11(12)14)13(16)15(2)9-7-8-9/h4-6,9H,3,7-8,14H2,1-2H3. The number of ether oxygens (including phenoxy) is 1. The van der Waals surface area contributed by atoms with Crippen LogP contribution in [0, 0.1) is 0 Å². The lowest BCUT2D eigenvalue weighted by Crippen LogP contribution is -2.29. The maximum absolute atomic E-state index is 12.3. The summed E-state index contributed by atoms with van der Waals surface area (Å²) in [5, 5.41) is 0. The summed E-state index contributed by atoms with van der Waals surface area (Å²) in [5.41, 5.74) is 6.91. The van der Waals surface area contributed by atoms with E-state index < -0.39 is 0 Å². The number of nitrogens with zero attached hydrogens (tertiary/aromatic N) is 1. The smallest absolute Gasteiger partial charge is 0.257 e. The molecule has 4 nitrogen and oxygen atoms in total. The lowest BCUT2D eigenvalue weighted by Gasteiger charge is -2.19. The maximum atomic E-state index is 12.3. The molecule has 0 heterocycles. The lowest BCUT2D eigenvalue weighted by molar-refractivity contribution is 0.0781. The predicted octanol–water partition coefficient (Wildman–Crippen LogP) is 1.90. The van der Waals surface area contributed by atoms with Crippen LogP contribution in [0.1, 0.15) is 30.1 Å². The number of anilines is 1. The van der Waals surface area contributed by atoms with E-state index >= 15 is 0 Å². The monoisotopic (exact) mass is 234 g/mol. The first-order chi connectivity index (χ1) is 8.15. The molecule has 0 radical (unpaired) electrons. The molecule has 0 spiro atoms. The molecule has 4 heteroatoms. The van der Waals surface area contributed by atoms with Crippen molar-refractivity contribution in [2.24, 2.45) is 0 Å². The molecule has 1 aromatic rings. The van der Waals surface area contributed by atoms with E-state index in [0.29, 0.717) is 29.6 Å². The van der Waals surface area contributed by atoms with Gasteiger partial charge in [-0.1, -0.05) is 6.07 Å². The summed E-state index contributed by atoms with van der Waals surface area (Å²) in [5.74, 6) is 0.496. The highest BCUT2D eigenvalue weighted by atomic mass is 16.5. The van der Waals surface area contributed by atoms with E-state index in [9.17, 15) is 4.79 Å². The van der Waals surface area contributed by atoms with Gasteiger partial charge < -0.3 is 15.4 Å². The van der Waals surface area contributed by atoms with E-state index in [4.69, 9.17) is 10.5 Å². The van der Waals surface area contributed by atoms with Gasteiger partial charge in [-0.2, -0.15) is 0 Å². The van der Waals surface area contributed by atoms with Gasteiger partial charge in [0.2, 0.25) is 0 Å². The van der Waals surface area contributed by atoms with E-state index in [1.165, 1.54) is 0 Å². The molecule has 0 bridgehead atoms. The average molecular weight is 234 g/mol. The molecule has 17 heavy (non-hydrogen) atoms. The largest absolute Gasteiger partial charge is 0.491 e. The molecule has 1 aliphatic carbocycles. The zero-order valence-corrected chi connectivity index (χ0v) is 10.3. The fourth-order valence-corrected chi connectivity index (χ4v) is 1.85. The van der Waals surface area contributed by atoms with Gasteiger partial charge >= 0.3 is 0 Å². The molecule has 0 saturated heterocycles. The minimum atomic E-state index is -0.0109. The number of nitrogens with two attached hydrogens (primary N) is 1. The van der Waals surface area contributed by atoms with E-state index in [0.717, 1.165) is 12.8 Å². The van der Waals surface area contributed by atoms with Crippen molar-refractivity contribution in [2.45, 2.75) is 25.8 Å². The summed E-state index contributed by atoms with van der Waals surface area (Å²) < 4.78 is 5.47. The summed E-state index contributed by atoms with van der Waals surface area (Å²) in [4.78, 5) is 14.0. The topological polar surface area (TPSA) is 55.6 Å². The van der Waals surface area contributed by atoms with Crippen molar-refractivity contribution in [3.8, 4) is 5.75 Å². The lowest BCUT2D eigenvalue weighted by atomic mass is 10.1. The zero-order chi connectivity index (χ0) is 12.4. The Morgan fingerprint density at radius 1 is 1.53 bits per heavy atom. The van der Waals surface area contributed by atoms with Gasteiger partial charge in [-0.15, -0.1) is 0 Å². The SMILES string of the molecule is CCOc1c(N)cccc1C(=O)N(C)C1CC1. The second-order valence-electron chi connectivity index (χ2n) is 4.30. The summed E-state index contributed by atoms with van der Waals surface area (Å²) in [7, 11) is 1.83. The molecule has 1 fully saturated rings. The van der Waals surface area contributed by atoms with Crippen molar-refractivity contribution >= 4 is 11.6 Å². The number of carbonyl (C=O) groups is 1. The van der Waals surface area contributed by atoms with E-state index in [-0.39, 0.29) is 5.91 Å². The van der Waals surface area contributed by atoms with Crippen molar-refractivity contribution in [1.82, 2.24) is 4.90 Å². The molecular formula is C13H18N2O2. The third kappa shape index (κ3) is 2.35. The van der Waals surface area contributed by atoms with Gasteiger partial charge in [-0.25, -0.2) is 0 Å². The molecule has 1 amide bonds. The van der Waals surface area contributed by atoms with Crippen molar-refractivity contribution < 1.29 is 9.53 Å². The van der Waals surface area contributed by atoms with Crippen LogP contribution in [0.3, 0.4) is 0 Å². The Kier molecular flexibility index (Phi) is 3.22. The Morgan fingerprint density at radius 2 is 2.24 bits per heavy atom. The number of carbonyl (C=O) groups excluding carboxylic acids is 1. The van der Waals surface area contributed by atoms with Crippen molar-refractivity contribution in [2.75, 3.05) is 19.4 Å². The van der Waals surface area contributed by atoms with E-state index in [1.54, 1.807) is 23.1 Å². The van der Waals surface area contributed by atoms with Crippen LogP contribution in [0.4, 0.5) is 5.69 Å². The van der Waals surface area contributed by atoms with Crippen LogP contribution >= 0.6 is 0 Å². The van der Waals surface area contributed by atoms with Crippen LogP contribution in [0.25, 0.3) is 0 Å². The van der Waals surface area contributed by atoms with E-state index in [2.05, 4.69) is 0 Å². The van der Waals surface area contributed by atoms with E-state index in [1.807, 2.05) is 14.0 Å². The Hall–Kier alpha value is -1.71. The highest BCUT2D eigenvalue weighted by Gasteiger charge is 2.31. The van der Waals surface area contributed by atoms with Gasteiger partial charge in [-0.3, -0.25) is 4.79 Å². The van der Waals surface area contributed by atoms with Gasteiger partial charge in [0, 0.05) is 13.1 Å². The molecule has 0 unspecified atom stereocenters. The van der Waals surface area contributed by atoms with Crippen LogP contribution in [0.2, 0.25) is 0 Å². The minimum absolute atomic E-state index is 0.0109. The van der Waals surface area contributed by atoms with Crippen molar-refractivity contribution in [3.05, 3.63) is 23.8 Å². The Balaban J connectivity index is 2.29. The number of benzene rings is 1. The fourth-order valence-electron chi connectivity index (χ4n) is 1.85. The van der Waals surface area contributed by atoms with Crippen LogP contribution in [-0.4, -0.2) is 30.5 Å². The number of rotatable bonds is 4. The second kappa shape index (κ2) is 4.65. The summed E-state index contributed by atoms with van der Waals surface area (Å²) in [6.45, 7) is 2.38. The average Bonchev–Trinajstić information content (AvgIpc) is 3.14. The fraction of sp³-hybridized carbons (Fsp3) is 0.462. The van der Waals surface area contributed by atoms with Crippen LogP contribution in [0.15, 0.2) is 18.2 Å². The first kappa shape index (κ1) is 11.8. The molecule has 1 aromatic carbocycles.